The van der Waals surface area contributed by atoms with Crippen molar-refractivity contribution >= 4 is 16.5 Å². The largest absolute Gasteiger partial charge is 0.411 e. The van der Waals surface area contributed by atoms with Crippen molar-refractivity contribution in [3.05, 3.63) is 83.9 Å². The van der Waals surface area contributed by atoms with E-state index in [1.165, 1.54) is 10.8 Å². The van der Waals surface area contributed by atoms with Gasteiger partial charge >= 0.3 is 0 Å². The van der Waals surface area contributed by atoms with E-state index in [2.05, 4.69) is 47.6 Å². The summed E-state index contributed by atoms with van der Waals surface area (Å²) < 4.78 is 0. The summed E-state index contributed by atoms with van der Waals surface area (Å²) in [7, 11) is 0. The van der Waals surface area contributed by atoms with Gasteiger partial charge in [0.05, 0.1) is 11.6 Å². The van der Waals surface area contributed by atoms with Crippen molar-refractivity contribution in [1.29, 1.82) is 0 Å². The van der Waals surface area contributed by atoms with Gasteiger partial charge in [-0.15, -0.1) is 0 Å². The molecular weight excluding hydrogens is 258 g/mol. The Hall–Kier alpha value is -2.61. The van der Waals surface area contributed by atoms with Crippen LogP contribution >= 0.6 is 0 Å². The number of benzene rings is 3. The van der Waals surface area contributed by atoms with Crippen LogP contribution in [0.25, 0.3) is 10.8 Å². The highest BCUT2D eigenvalue weighted by atomic mass is 16.4. The minimum Gasteiger partial charge on any atom is -0.411 e. The predicted octanol–water partition coefficient (Wildman–Crippen LogP) is 4.82. The van der Waals surface area contributed by atoms with Crippen molar-refractivity contribution in [3.63, 3.8) is 0 Å². The van der Waals surface area contributed by atoms with E-state index in [0.29, 0.717) is 5.71 Å². The summed E-state index contributed by atoms with van der Waals surface area (Å²) in [6.07, 6.45) is 0. The Bertz CT molecular complexity index is 772. The third-order valence-electron chi connectivity index (χ3n) is 3.84. The van der Waals surface area contributed by atoms with E-state index >= 15 is 0 Å². The van der Waals surface area contributed by atoms with Crippen LogP contribution < -0.4 is 0 Å². The van der Waals surface area contributed by atoms with Crippen LogP contribution in [0.5, 0.6) is 0 Å². The summed E-state index contributed by atoms with van der Waals surface area (Å²) in [6.45, 7) is 1.86. The molecule has 0 heterocycles. The average Bonchev–Trinajstić information content (AvgIpc) is 2.56. The molecule has 0 aliphatic carbocycles. The molecule has 0 aliphatic heterocycles. The van der Waals surface area contributed by atoms with Crippen LogP contribution in [0.4, 0.5) is 0 Å². The number of rotatable bonds is 3. The van der Waals surface area contributed by atoms with Gasteiger partial charge in [-0.1, -0.05) is 78.0 Å². The molecule has 0 saturated carbocycles. The molecule has 3 rings (SSSR count). The lowest BCUT2D eigenvalue weighted by atomic mass is 9.85. The zero-order valence-electron chi connectivity index (χ0n) is 11.9. The van der Waals surface area contributed by atoms with E-state index in [1.807, 2.05) is 37.3 Å². The fraction of sp³-hybridized carbons (Fsp3) is 0.105. The third kappa shape index (κ3) is 2.52. The molecule has 0 spiro atoms. The Morgan fingerprint density at radius 2 is 1.52 bits per heavy atom. The summed E-state index contributed by atoms with van der Waals surface area (Å²) in [5.41, 5.74) is 2.98. The molecule has 21 heavy (non-hydrogen) atoms. The highest BCUT2D eigenvalue weighted by molar-refractivity contribution is 5.97. The van der Waals surface area contributed by atoms with E-state index in [-0.39, 0.29) is 5.92 Å². The summed E-state index contributed by atoms with van der Waals surface area (Å²) in [4.78, 5) is 0. The fourth-order valence-electron chi connectivity index (χ4n) is 2.85. The first kappa shape index (κ1) is 13.4. The lowest BCUT2D eigenvalue weighted by Crippen LogP contribution is -2.11. The average molecular weight is 275 g/mol. The smallest absolute Gasteiger partial charge is 0.0658 e. The molecule has 1 atom stereocenters. The van der Waals surface area contributed by atoms with Crippen LogP contribution in [0.3, 0.4) is 0 Å². The first-order valence-corrected chi connectivity index (χ1v) is 7.02. The molecular formula is C19H17NO. The number of nitrogens with zero attached hydrogens (tertiary/aromatic N) is 1. The van der Waals surface area contributed by atoms with Crippen LogP contribution in [0.2, 0.25) is 0 Å². The van der Waals surface area contributed by atoms with E-state index in [1.54, 1.807) is 0 Å². The van der Waals surface area contributed by atoms with E-state index in [9.17, 15) is 5.21 Å². The Balaban J connectivity index is 2.25. The van der Waals surface area contributed by atoms with E-state index in [4.69, 9.17) is 0 Å². The van der Waals surface area contributed by atoms with Gasteiger partial charge in [-0.2, -0.15) is 0 Å². The molecule has 0 bridgehead atoms. The maximum absolute atomic E-state index is 9.29. The normalized spacial score (nSPS) is 13.3. The van der Waals surface area contributed by atoms with Gasteiger partial charge in [-0.3, -0.25) is 0 Å². The standard InChI is InChI=1S/C19H17NO/c1-14(20-21)19(16-9-3-2-4-10-16)18-13-7-11-15-8-5-6-12-17(15)18/h2-13,19,21H,1H3/b20-14-. The number of oxime groups is 1. The molecule has 0 saturated heterocycles. The molecule has 2 nitrogen and oxygen atoms in total. The second-order valence-electron chi connectivity index (χ2n) is 5.15. The van der Waals surface area contributed by atoms with Crippen molar-refractivity contribution < 1.29 is 5.21 Å². The van der Waals surface area contributed by atoms with Crippen molar-refractivity contribution in [2.75, 3.05) is 0 Å². The number of fused-ring (bicyclic) bond motifs is 1. The first-order valence-electron chi connectivity index (χ1n) is 7.02. The first-order chi connectivity index (χ1) is 10.3. The van der Waals surface area contributed by atoms with Crippen LogP contribution in [-0.2, 0) is 0 Å². The minimum atomic E-state index is -0.0395. The zero-order valence-corrected chi connectivity index (χ0v) is 11.9. The van der Waals surface area contributed by atoms with Gasteiger partial charge < -0.3 is 5.21 Å². The number of hydrogen-bond acceptors (Lipinski definition) is 2. The Labute approximate surface area is 124 Å². The fourth-order valence-corrected chi connectivity index (χ4v) is 2.85. The Morgan fingerprint density at radius 1 is 0.857 bits per heavy atom. The van der Waals surface area contributed by atoms with Gasteiger partial charge in [-0.05, 0) is 28.8 Å². The van der Waals surface area contributed by atoms with Gasteiger partial charge in [0.15, 0.2) is 0 Å². The Kier molecular flexibility index (Phi) is 3.69. The third-order valence-corrected chi connectivity index (χ3v) is 3.84. The van der Waals surface area contributed by atoms with Crippen molar-refractivity contribution in [2.24, 2.45) is 5.16 Å². The quantitative estimate of drug-likeness (QED) is 0.415. The summed E-state index contributed by atoms with van der Waals surface area (Å²) in [5.74, 6) is -0.0395. The van der Waals surface area contributed by atoms with Gasteiger partial charge in [-0.25, -0.2) is 0 Å². The van der Waals surface area contributed by atoms with E-state index in [0.717, 1.165) is 11.1 Å². The van der Waals surface area contributed by atoms with Crippen molar-refractivity contribution in [2.45, 2.75) is 12.8 Å². The van der Waals surface area contributed by atoms with Gasteiger partial charge in [0.2, 0.25) is 0 Å². The zero-order chi connectivity index (χ0) is 14.7. The maximum atomic E-state index is 9.29. The second kappa shape index (κ2) is 5.80. The minimum absolute atomic E-state index is 0.0395. The van der Waals surface area contributed by atoms with Crippen LogP contribution in [0, 0.1) is 0 Å². The molecule has 0 fully saturated rings. The molecule has 104 valence electrons. The molecule has 3 aromatic carbocycles. The predicted molar refractivity (Wildman–Crippen MR) is 87.1 cm³/mol. The molecule has 1 unspecified atom stereocenters. The highest BCUT2D eigenvalue weighted by Crippen LogP contribution is 2.31. The molecule has 0 aromatic heterocycles. The molecule has 0 aliphatic rings. The van der Waals surface area contributed by atoms with Gasteiger partial charge in [0.1, 0.15) is 0 Å². The van der Waals surface area contributed by atoms with Gasteiger partial charge in [0.25, 0.3) is 0 Å². The summed E-state index contributed by atoms with van der Waals surface area (Å²) >= 11 is 0. The molecule has 2 heteroatoms. The second-order valence-corrected chi connectivity index (χ2v) is 5.15. The molecule has 3 aromatic rings. The summed E-state index contributed by atoms with van der Waals surface area (Å²) in [6, 6.07) is 24.7. The van der Waals surface area contributed by atoms with E-state index < -0.39 is 0 Å². The van der Waals surface area contributed by atoms with Crippen LogP contribution in [0.15, 0.2) is 78.0 Å². The van der Waals surface area contributed by atoms with Crippen molar-refractivity contribution in [3.8, 4) is 0 Å². The highest BCUT2D eigenvalue weighted by Gasteiger charge is 2.19. The monoisotopic (exact) mass is 275 g/mol. The lowest BCUT2D eigenvalue weighted by Gasteiger charge is -2.19. The van der Waals surface area contributed by atoms with Gasteiger partial charge in [0, 0.05) is 0 Å². The van der Waals surface area contributed by atoms with Crippen LogP contribution in [0.1, 0.15) is 24.0 Å². The topological polar surface area (TPSA) is 32.6 Å². The Morgan fingerprint density at radius 3 is 2.29 bits per heavy atom. The molecule has 0 radical (unpaired) electrons. The van der Waals surface area contributed by atoms with Crippen molar-refractivity contribution in [1.82, 2.24) is 0 Å². The molecule has 1 N–H and O–H groups in total. The number of hydrogen-bond donors (Lipinski definition) is 1. The SMILES string of the molecule is C/C(=N/O)C(c1ccccc1)c1cccc2ccccc12. The summed E-state index contributed by atoms with van der Waals surface area (Å²) in [5, 5.41) is 15.1. The lowest BCUT2D eigenvalue weighted by molar-refractivity contribution is 0.317. The maximum Gasteiger partial charge on any atom is 0.0658 e. The molecule has 0 amide bonds. The van der Waals surface area contributed by atoms with Crippen LogP contribution in [-0.4, -0.2) is 10.9 Å².